The highest BCUT2D eigenvalue weighted by molar-refractivity contribution is 6.04. The second-order valence-electron chi connectivity index (χ2n) is 5.86. The van der Waals surface area contributed by atoms with Gasteiger partial charge in [0.1, 0.15) is 5.75 Å². The molecule has 0 aliphatic carbocycles. The van der Waals surface area contributed by atoms with Crippen molar-refractivity contribution in [2.75, 3.05) is 26.1 Å². The van der Waals surface area contributed by atoms with E-state index in [4.69, 9.17) is 14.2 Å². The Morgan fingerprint density at radius 1 is 0.903 bits per heavy atom. The molecule has 0 saturated heterocycles. The maximum Gasteiger partial charge on any atom is 0.338 e. The molecule has 162 valence electrons. The van der Waals surface area contributed by atoms with E-state index in [1.54, 1.807) is 31.2 Å². The average molecular weight is 427 g/mol. The first-order valence-electron chi connectivity index (χ1n) is 9.13. The van der Waals surface area contributed by atoms with E-state index in [1.807, 2.05) is 0 Å². The lowest BCUT2D eigenvalue weighted by molar-refractivity contribution is -0.137. The van der Waals surface area contributed by atoms with Gasteiger partial charge in [0, 0.05) is 12.2 Å². The van der Waals surface area contributed by atoms with Crippen LogP contribution in [-0.2, 0) is 23.8 Å². The molecular weight excluding hydrogens is 406 g/mol. The molecule has 0 spiro atoms. The Bertz CT molecular complexity index is 1010. The van der Waals surface area contributed by atoms with Crippen molar-refractivity contribution in [2.24, 2.45) is 0 Å². The van der Waals surface area contributed by atoms with Crippen molar-refractivity contribution >= 4 is 29.5 Å². The van der Waals surface area contributed by atoms with Crippen molar-refractivity contribution in [3.63, 3.8) is 0 Å². The molecule has 1 amide bonds. The van der Waals surface area contributed by atoms with Crippen LogP contribution in [0.2, 0.25) is 0 Å². The molecule has 0 fully saturated rings. The first-order valence-corrected chi connectivity index (χ1v) is 9.13. The van der Waals surface area contributed by atoms with Crippen LogP contribution in [0.1, 0.15) is 27.6 Å². The number of amides is 1. The van der Waals surface area contributed by atoms with Gasteiger partial charge < -0.3 is 24.3 Å². The molecule has 0 aliphatic rings. The van der Waals surface area contributed by atoms with Gasteiger partial charge in [0.15, 0.2) is 5.75 Å². The van der Waals surface area contributed by atoms with Crippen LogP contribution in [0.5, 0.6) is 11.5 Å². The number of anilines is 1. The predicted molar refractivity (Wildman–Crippen MR) is 110 cm³/mol. The van der Waals surface area contributed by atoms with E-state index < -0.39 is 23.8 Å². The largest absolute Gasteiger partial charge is 0.465 e. The SMILES string of the molecule is CCOC(=O)/C=C/C(=O)Nc1ccccc1Oc1ccc(C(=O)OC)c(C(=O)OC)c1. The Hall–Kier alpha value is -4.14. The van der Waals surface area contributed by atoms with Crippen LogP contribution in [-0.4, -0.2) is 44.6 Å². The minimum Gasteiger partial charge on any atom is -0.465 e. The van der Waals surface area contributed by atoms with Crippen molar-refractivity contribution in [3.8, 4) is 11.5 Å². The van der Waals surface area contributed by atoms with E-state index in [9.17, 15) is 19.2 Å². The molecule has 9 nitrogen and oxygen atoms in total. The molecule has 0 unspecified atom stereocenters. The molecular formula is C22H21NO8. The molecule has 0 aliphatic heterocycles. The summed E-state index contributed by atoms with van der Waals surface area (Å²) in [5.74, 6) is -2.16. The summed E-state index contributed by atoms with van der Waals surface area (Å²) in [5, 5.41) is 2.59. The topological polar surface area (TPSA) is 117 Å². The fraction of sp³-hybridized carbons (Fsp3) is 0.182. The van der Waals surface area contributed by atoms with Crippen LogP contribution in [0.15, 0.2) is 54.6 Å². The number of rotatable bonds is 8. The van der Waals surface area contributed by atoms with E-state index >= 15 is 0 Å². The minimum absolute atomic E-state index is 0.0207. The number of carbonyl (C=O) groups is 4. The van der Waals surface area contributed by atoms with Crippen LogP contribution in [0, 0.1) is 0 Å². The Balaban J connectivity index is 2.26. The summed E-state index contributed by atoms with van der Waals surface area (Å²) in [7, 11) is 2.38. The molecule has 0 saturated carbocycles. The zero-order chi connectivity index (χ0) is 22.8. The van der Waals surface area contributed by atoms with Gasteiger partial charge in [0.2, 0.25) is 5.91 Å². The third-order valence-electron chi connectivity index (χ3n) is 3.83. The zero-order valence-corrected chi connectivity index (χ0v) is 17.2. The highest BCUT2D eigenvalue weighted by Crippen LogP contribution is 2.31. The molecule has 0 radical (unpaired) electrons. The molecule has 2 aromatic rings. The zero-order valence-electron chi connectivity index (χ0n) is 17.2. The number of methoxy groups -OCH3 is 2. The van der Waals surface area contributed by atoms with Crippen molar-refractivity contribution in [3.05, 3.63) is 65.7 Å². The van der Waals surface area contributed by atoms with E-state index in [-0.39, 0.29) is 29.2 Å². The van der Waals surface area contributed by atoms with Gasteiger partial charge in [-0.1, -0.05) is 12.1 Å². The smallest absolute Gasteiger partial charge is 0.338 e. The van der Waals surface area contributed by atoms with E-state index in [0.29, 0.717) is 5.69 Å². The third kappa shape index (κ3) is 6.43. The van der Waals surface area contributed by atoms with Crippen LogP contribution in [0.25, 0.3) is 0 Å². The van der Waals surface area contributed by atoms with Gasteiger partial charge in [-0.3, -0.25) is 4.79 Å². The fourth-order valence-corrected chi connectivity index (χ4v) is 2.45. The molecule has 1 N–H and O–H groups in total. The van der Waals surface area contributed by atoms with Crippen LogP contribution < -0.4 is 10.1 Å². The summed E-state index contributed by atoms with van der Waals surface area (Å²) in [6, 6.07) is 10.7. The fourth-order valence-electron chi connectivity index (χ4n) is 2.45. The normalized spacial score (nSPS) is 10.3. The number of nitrogens with one attached hydrogen (secondary N) is 1. The van der Waals surface area contributed by atoms with Crippen molar-refractivity contribution in [2.45, 2.75) is 6.92 Å². The molecule has 0 atom stereocenters. The Morgan fingerprint density at radius 3 is 2.26 bits per heavy atom. The number of esters is 3. The predicted octanol–water partition coefficient (Wildman–Crippen LogP) is 3.11. The highest BCUT2D eigenvalue weighted by Gasteiger charge is 2.20. The Morgan fingerprint density at radius 2 is 1.58 bits per heavy atom. The summed E-state index contributed by atoms with van der Waals surface area (Å²) in [5.41, 5.74) is 0.302. The standard InChI is InChI=1S/C22H21NO8/c1-4-30-20(25)12-11-19(24)23-17-7-5-6-8-18(17)31-14-9-10-15(21(26)28-2)16(13-14)22(27)29-3/h5-13H,4H2,1-3H3,(H,23,24)/b12-11+. The quantitative estimate of drug-likeness (QED) is 0.388. The van der Waals surface area contributed by atoms with Gasteiger partial charge >= 0.3 is 17.9 Å². The van der Waals surface area contributed by atoms with Crippen LogP contribution in [0.3, 0.4) is 0 Å². The Kier molecular flexibility index (Phi) is 8.32. The van der Waals surface area contributed by atoms with Gasteiger partial charge in [0.05, 0.1) is 37.6 Å². The lowest BCUT2D eigenvalue weighted by Crippen LogP contribution is -2.12. The second kappa shape index (κ2) is 11.1. The summed E-state index contributed by atoms with van der Waals surface area (Å²) < 4.78 is 19.9. The van der Waals surface area contributed by atoms with Crippen LogP contribution in [0.4, 0.5) is 5.69 Å². The van der Waals surface area contributed by atoms with E-state index in [2.05, 4.69) is 10.1 Å². The van der Waals surface area contributed by atoms with Gasteiger partial charge in [-0.2, -0.15) is 0 Å². The van der Waals surface area contributed by atoms with Gasteiger partial charge in [0.25, 0.3) is 0 Å². The molecule has 0 aromatic heterocycles. The lowest BCUT2D eigenvalue weighted by atomic mass is 10.1. The van der Waals surface area contributed by atoms with Gasteiger partial charge in [-0.05, 0) is 37.3 Å². The van der Waals surface area contributed by atoms with Crippen molar-refractivity contribution in [1.82, 2.24) is 0 Å². The minimum atomic E-state index is -0.739. The van der Waals surface area contributed by atoms with Crippen molar-refractivity contribution in [1.29, 1.82) is 0 Å². The summed E-state index contributed by atoms with van der Waals surface area (Å²) in [6.45, 7) is 1.85. The van der Waals surface area contributed by atoms with Crippen LogP contribution >= 0.6 is 0 Å². The van der Waals surface area contributed by atoms with Crippen molar-refractivity contribution < 1.29 is 38.1 Å². The first-order chi connectivity index (χ1) is 14.9. The third-order valence-corrected chi connectivity index (χ3v) is 3.83. The van der Waals surface area contributed by atoms with Gasteiger partial charge in [-0.15, -0.1) is 0 Å². The lowest BCUT2D eigenvalue weighted by Gasteiger charge is -2.13. The Labute approximate surface area is 178 Å². The maximum absolute atomic E-state index is 12.1. The highest BCUT2D eigenvalue weighted by atomic mass is 16.5. The molecule has 0 bridgehead atoms. The number of hydrogen-bond acceptors (Lipinski definition) is 8. The summed E-state index contributed by atoms with van der Waals surface area (Å²) in [4.78, 5) is 47.4. The average Bonchev–Trinajstić information content (AvgIpc) is 2.78. The molecule has 2 aromatic carbocycles. The molecule has 9 heteroatoms. The number of carbonyl (C=O) groups excluding carboxylic acids is 4. The van der Waals surface area contributed by atoms with E-state index in [0.717, 1.165) is 12.2 Å². The number of benzene rings is 2. The first kappa shape index (κ1) is 23.1. The maximum atomic E-state index is 12.1. The molecule has 0 heterocycles. The number of ether oxygens (including phenoxy) is 4. The molecule has 31 heavy (non-hydrogen) atoms. The summed E-state index contributed by atoms with van der Waals surface area (Å²) >= 11 is 0. The molecule has 2 rings (SSSR count). The number of hydrogen-bond donors (Lipinski definition) is 1. The van der Waals surface area contributed by atoms with E-state index in [1.165, 1.54) is 32.4 Å². The second-order valence-corrected chi connectivity index (χ2v) is 5.86. The number of para-hydroxylation sites is 2. The van der Waals surface area contributed by atoms with Gasteiger partial charge in [-0.25, -0.2) is 14.4 Å². The monoisotopic (exact) mass is 427 g/mol. The summed E-state index contributed by atoms with van der Waals surface area (Å²) in [6.07, 6.45) is 2.05.